The first kappa shape index (κ1) is 8.35. The zero-order valence-electron chi connectivity index (χ0n) is 17.1. The molecule has 0 aromatic heterocycles. The van der Waals surface area contributed by atoms with Crippen molar-refractivity contribution in [3.63, 3.8) is 0 Å². The maximum Gasteiger partial charge on any atom is 0.115 e. The quantitative estimate of drug-likeness (QED) is 0.824. The summed E-state index contributed by atoms with van der Waals surface area (Å²) < 4.78 is 46.1. The van der Waals surface area contributed by atoms with Crippen LogP contribution in [0.4, 0.5) is 0 Å². The van der Waals surface area contributed by atoms with E-state index in [1.54, 1.807) is 24.3 Å². The Morgan fingerprint density at radius 2 is 1.10 bits per heavy atom. The topological polar surface area (TPSA) is 40.5 Å². The standard InChI is InChI=1S/C18H22O2/c1-3-17(13-5-9-15(19)10-6-13)18(4-2)14-7-11-16(20)12-8-14/h5-12,17-20H,3-4H2,1-2H3/i1D3,2D3. The average Bonchev–Trinajstić information content (AvgIpc) is 2.51. The fraction of sp³-hybridized carbons (Fsp3) is 0.333. The van der Waals surface area contributed by atoms with Crippen molar-refractivity contribution in [2.75, 3.05) is 0 Å². The van der Waals surface area contributed by atoms with Crippen molar-refractivity contribution in [3.8, 4) is 11.5 Å². The van der Waals surface area contributed by atoms with Gasteiger partial charge >= 0.3 is 0 Å². The predicted octanol–water partition coefficient (Wildman–Crippen LogP) is 4.79. The average molecular weight is 276 g/mol. The van der Waals surface area contributed by atoms with Gasteiger partial charge in [-0.1, -0.05) is 38.0 Å². The molecule has 0 fully saturated rings. The predicted molar refractivity (Wildman–Crippen MR) is 82.3 cm³/mol. The molecular formula is C18H22O2. The molecule has 2 atom stereocenters. The highest BCUT2D eigenvalue weighted by Gasteiger charge is 2.21. The van der Waals surface area contributed by atoms with Gasteiger partial charge in [0.05, 0.1) is 0 Å². The van der Waals surface area contributed by atoms with E-state index in [0.29, 0.717) is 11.1 Å². The highest BCUT2D eigenvalue weighted by atomic mass is 16.3. The summed E-state index contributed by atoms with van der Waals surface area (Å²) in [4.78, 5) is 0. The molecule has 0 saturated heterocycles. The van der Waals surface area contributed by atoms with Gasteiger partial charge in [-0.3, -0.25) is 0 Å². The molecule has 0 aliphatic rings. The molecule has 106 valence electrons. The molecule has 2 nitrogen and oxygen atoms in total. The molecule has 2 N–H and O–H groups in total. The number of aromatic hydroxyl groups is 2. The number of phenolic OH excluding ortho intramolecular Hbond substituents is 2. The van der Waals surface area contributed by atoms with Crippen LogP contribution in [0.1, 0.15) is 57.7 Å². The third kappa shape index (κ3) is 3.13. The van der Waals surface area contributed by atoms with E-state index in [2.05, 4.69) is 0 Å². The fourth-order valence-corrected chi connectivity index (χ4v) is 2.43. The summed E-state index contributed by atoms with van der Waals surface area (Å²) in [6.07, 6.45) is -0.390. The molecule has 0 heterocycles. The lowest BCUT2D eigenvalue weighted by Crippen LogP contribution is -2.10. The van der Waals surface area contributed by atoms with E-state index >= 15 is 0 Å². The van der Waals surface area contributed by atoms with Crippen molar-refractivity contribution >= 4 is 0 Å². The summed E-state index contributed by atoms with van der Waals surface area (Å²) in [5.41, 5.74) is 1.31. The summed E-state index contributed by atoms with van der Waals surface area (Å²) in [7, 11) is 0. The normalized spacial score (nSPS) is 19.6. The second-order valence-corrected chi connectivity index (χ2v) is 4.80. The van der Waals surface area contributed by atoms with Crippen LogP contribution < -0.4 is 0 Å². The van der Waals surface area contributed by atoms with E-state index < -0.39 is 25.5 Å². The van der Waals surface area contributed by atoms with Crippen LogP contribution in [-0.2, 0) is 0 Å². The fourth-order valence-electron chi connectivity index (χ4n) is 2.43. The lowest BCUT2D eigenvalue weighted by molar-refractivity contribution is 0.470. The Hall–Kier alpha value is -1.96. The minimum Gasteiger partial charge on any atom is -0.508 e. The van der Waals surface area contributed by atoms with Crippen molar-refractivity contribution in [1.29, 1.82) is 0 Å². The van der Waals surface area contributed by atoms with Crippen LogP contribution in [0.5, 0.6) is 11.5 Å². The molecule has 0 aliphatic carbocycles. The number of rotatable bonds is 5. The van der Waals surface area contributed by atoms with Crippen molar-refractivity contribution in [2.45, 2.75) is 38.4 Å². The van der Waals surface area contributed by atoms with E-state index in [4.69, 9.17) is 8.22 Å². The van der Waals surface area contributed by atoms with Crippen LogP contribution in [0, 0.1) is 0 Å². The van der Waals surface area contributed by atoms with Gasteiger partial charge in [-0.15, -0.1) is 0 Å². The highest BCUT2D eigenvalue weighted by Crippen LogP contribution is 2.38. The van der Waals surface area contributed by atoms with Crippen LogP contribution in [-0.4, -0.2) is 10.2 Å². The second-order valence-electron chi connectivity index (χ2n) is 4.80. The minimum atomic E-state index is -2.24. The lowest BCUT2D eigenvalue weighted by atomic mass is 9.78. The van der Waals surface area contributed by atoms with Crippen LogP contribution in [0.15, 0.2) is 48.5 Å². The van der Waals surface area contributed by atoms with Crippen molar-refractivity contribution in [1.82, 2.24) is 0 Å². The smallest absolute Gasteiger partial charge is 0.115 e. The zero-order chi connectivity index (χ0) is 19.5. The molecule has 20 heavy (non-hydrogen) atoms. The Kier molecular flexibility index (Phi) is 2.70. The molecule has 0 bridgehead atoms. The highest BCUT2D eigenvalue weighted by molar-refractivity contribution is 5.34. The van der Waals surface area contributed by atoms with Crippen LogP contribution in [0.2, 0.25) is 0 Å². The molecule has 2 unspecified atom stereocenters. The Morgan fingerprint density at radius 3 is 1.40 bits per heavy atom. The molecule has 2 rings (SSSR count). The number of hydrogen-bond acceptors (Lipinski definition) is 2. The first-order valence-electron chi connectivity index (χ1n) is 9.52. The van der Waals surface area contributed by atoms with Gasteiger partial charge in [0.2, 0.25) is 0 Å². The number of benzene rings is 2. The maximum absolute atomic E-state index is 9.51. The summed E-state index contributed by atoms with van der Waals surface area (Å²) >= 11 is 0. The van der Waals surface area contributed by atoms with E-state index in [9.17, 15) is 10.2 Å². The van der Waals surface area contributed by atoms with Gasteiger partial charge < -0.3 is 10.2 Å². The van der Waals surface area contributed by atoms with Gasteiger partial charge in [0.15, 0.2) is 0 Å². The van der Waals surface area contributed by atoms with E-state index in [1.165, 1.54) is 24.3 Å². The minimum absolute atomic E-state index is 0.0541. The van der Waals surface area contributed by atoms with E-state index in [-0.39, 0.29) is 24.3 Å². The molecule has 0 saturated carbocycles. The molecule has 0 spiro atoms. The SMILES string of the molecule is [2H]C([2H])([2H])CC(c1ccc(O)cc1)C(CC([2H])([2H])[2H])c1ccc(O)cc1. The Balaban J connectivity index is 2.51. The van der Waals surface area contributed by atoms with Crippen LogP contribution in [0.25, 0.3) is 0 Å². The molecule has 2 heteroatoms. The first-order chi connectivity index (χ1) is 11.9. The summed E-state index contributed by atoms with van der Waals surface area (Å²) in [5.74, 6) is -1.04. The van der Waals surface area contributed by atoms with E-state index in [1.807, 2.05) is 0 Å². The van der Waals surface area contributed by atoms with Gasteiger partial charge in [-0.25, -0.2) is 0 Å². The maximum atomic E-state index is 9.51. The first-order valence-corrected chi connectivity index (χ1v) is 6.52. The molecular weight excluding hydrogens is 248 g/mol. The lowest BCUT2D eigenvalue weighted by Gasteiger charge is -2.26. The van der Waals surface area contributed by atoms with Crippen LogP contribution >= 0.6 is 0 Å². The third-order valence-corrected chi connectivity index (χ3v) is 3.57. The van der Waals surface area contributed by atoms with Gasteiger partial charge in [0.25, 0.3) is 0 Å². The number of hydrogen-bond donors (Lipinski definition) is 2. The van der Waals surface area contributed by atoms with Gasteiger partial charge in [0.1, 0.15) is 11.5 Å². The van der Waals surface area contributed by atoms with Gasteiger partial charge in [-0.05, 0) is 60.1 Å². The Morgan fingerprint density at radius 1 is 0.750 bits per heavy atom. The molecule has 2 aromatic carbocycles. The summed E-state index contributed by atoms with van der Waals surface area (Å²) in [6, 6.07) is 12.3. The monoisotopic (exact) mass is 276 g/mol. The molecule has 0 amide bonds. The zero-order valence-corrected chi connectivity index (χ0v) is 11.1. The Bertz CT molecular complexity index is 641. The van der Waals surface area contributed by atoms with Crippen LogP contribution in [0.3, 0.4) is 0 Å². The molecule has 0 aliphatic heterocycles. The molecule has 2 aromatic rings. The third-order valence-electron chi connectivity index (χ3n) is 3.57. The summed E-state index contributed by atoms with van der Waals surface area (Å²) in [5, 5.41) is 19.0. The summed E-state index contributed by atoms with van der Waals surface area (Å²) in [6.45, 7) is -4.49. The largest absolute Gasteiger partial charge is 0.508 e. The van der Waals surface area contributed by atoms with E-state index in [0.717, 1.165) is 0 Å². The van der Waals surface area contributed by atoms with Gasteiger partial charge in [0, 0.05) is 8.22 Å². The molecule has 0 radical (unpaired) electrons. The van der Waals surface area contributed by atoms with Gasteiger partial charge in [-0.2, -0.15) is 0 Å². The van der Waals surface area contributed by atoms with Crippen molar-refractivity contribution in [3.05, 3.63) is 59.7 Å². The number of phenols is 2. The van der Waals surface area contributed by atoms with Crippen molar-refractivity contribution in [2.24, 2.45) is 0 Å². The Labute approximate surface area is 129 Å². The second kappa shape index (κ2) is 6.47. The van der Waals surface area contributed by atoms with Crippen molar-refractivity contribution < 1.29 is 18.4 Å².